The number of nitrogens with zero attached hydrogens (tertiary/aromatic N) is 1. The van der Waals surface area contributed by atoms with Crippen LogP contribution in [0.1, 0.15) is 12.6 Å². The van der Waals surface area contributed by atoms with Gasteiger partial charge in [0.05, 0.1) is 6.61 Å². The van der Waals surface area contributed by atoms with Crippen LogP contribution in [-0.2, 0) is 0 Å². The van der Waals surface area contributed by atoms with Crippen molar-refractivity contribution in [3.63, 3.8) is 0 Å². The highest BCUT2D eigenvalue weighted by atomic mass is 32.1. The molecule has 0 fully saturated rings. The molecule has 0 aliphatic heterocycles. The second-order valence-electron chi connectivity index (χ2n) is 3.36. The third-order valence-corrected chi connectivity index (χ3v) is 3.27. The van der Waals surface area contributed by atoms with E-state index >= 15 is 0 Å². The second-order valence-corrected chi connectivity index (χ2v) is 4.66. The Morgan fingerprint density at radius 3 is 2.65 bits per heavy atom. The van der Waals surface area contributed by atoms with Crippen LogP contribution in [0.5, 0.6) is 5.75 Å². The molecule has 2 aromatic rings. The Balaban J connectivity index is 2.23. The lowest BCUT2D eigenvalue weighted by Gasteiger charge is -2.02. The van der Waals surface area contributed by atoms with Gasteiger partial charge >= 0.3 is 0 Å². The van der Waals surface area contributed by atoms with Crippen LogP contribution in [0.3, 0.4) is 0 Å². The Bertz CT molecular complexity index is 520. The van der Waals surface area contributed by atoms with Crippen molar-refractivity contribution in [2.24, 2.45) is 5.73 Å². The fourth-order valence-electron chi connectivity index (χ4n) is 1.38. The minimum atomic E-state index is 0.332. The zero-order valence-corrected chi connectivity index (χ0v) is 11.0. The number of hydrogen-bond donors (Lipinski definition) is 1. The van der Waals surface area contributed by atoms with Gasteiger partial charge in [-0.3, -0.25) is 0 Å². The summed E-state index contributed by atoms with van der Waals surface area (Å²) in [6, 6.07) is 7.82. The molecule has 17 heavy (non-hydrogen) atoms. The van der Waals surface area contributed by atoms with Gasteiger partial charge in [0.15, 0.2) is 0 Å². The van der Waals surface area contributed by atoms with Crippen LogP contribution in [0.2, 0.25) is 0 Å². The number of aromatic nitrogens is 1. The molecule has 0 radical (unpaired) electrons. The predicted molar refractivity (Wildman–Crippen MR) is 74.6 cm³/mol. The van der Waals surface area contributed by atoms with Crippen molar-refractivity contribution in [2.75, 3.05) is 6.61 Å². The second kappa shape index (κ2) is 5.25. The van der Waals surface area contributed by atoms with Crippen molar-refractivity contribution >= 4 is 28.5 Å². The average molecular weight is 264 g/mol. The van der Waals surface area contributed by atoms with E-state index in [2.05, 4.69) is 4.98 Å². The highest BCUT2D eigenvalue weighted by Crippen LogP contribution is 2.25. The molecule has 0 unspecified atom stereocenters. The van der Waals surface area contributed by atoms with Gasteiger partial charge in [0.25, 0.3) is 0 Å². The average Bonchev–Trinajstić information content (AvgIpc) is 2.80. The third-order valence-electron chi connectivity index (χ3n) is 2.17. The number of benzene rings is 1. The monoisotopic (exact) mass is 264 g/mol. The van der Waals surface area contributed by atoms with Crippen LogP contribution in [0.25, 0.3) is 10.6 Å². The molecule has 0 saturated carbocycles. The first-order valence-corrected chi connectivity index (χ1v) is 6.48. The van der Waals surface area contributed by atoms with Gasteiger partial charge in [0.2, 0.25) is 0 Å². The highest BCUT2D eigenvalue weighted by Gasteiger charge is 2.06. The minimum absolute atomic E-state index is 0.332. The van der Waals surface area contributed by atoms with Gasteiger partial charge in [-0.2, -0.15) is 0 Å². The summed E-state index contributed by atoms with van der Waals surface area (Å²) < 4.78 is 5.38. The molecule has 3 nitrogen and oxygen atoms in total. The number of ether oxygens (including phenoxy) is 1. The zero-order valence-electron chi connectivity index (χ0n) is 9.34. The molecule has 5 heteroatoms. The smallest absolute Gasteiger partial charge is 0.124 e. The summed E-state index contributed by atoms with van der Waals surface area (Å²) in [6.07, 6.45) is 0. The molecule has 0 aliphatic rings. The predicted octanol–water partition coefficient (Wildman–Crippen LogP) is 2.84. The van der Waals surface area contributed by atoms with Crippen LogP contribution in [0.4, 0.5) is 0 Å². The fourth-order valence-corrected chi connectivity index (χ4v) is 2.39. The van der Waals surface area contributed by atoms with E-state index in [9.17, 15) is 0 Å². The lowest BCUT2D eigenvalue weighted by atomic mass is 10.2. The molecule has 1 aromatic heterocycles. The molecule has 0 amide bonds. The molecular weight excluding hydrogens is 252 g/mol. The van der Waals surface area contributed by atoms with E-state index in [-0.39, 0.29) is 0 Å². The van der Waals surface area contributed by atoms with Crippen LogP contribution in [-0.4, -0.2) is 16.6 Å². The van der Waals surface area contributed by atoms with Crippen molar-refractivity contribution in [1.29, 1.82) is 0 Å². The van der Waals surface area contributed by atoms with Crippen LogP contribution < -0.4 is 10.5 Å². The van der Waals surface area contributed by atoms with Crippen molar-refractivity contribution < 1.29 is 4.74 Å². The number of rotatable bonds is 4. The number of nitrogens with two attached hydrogens (primary N) is 1. The minimum Gasteiger partial charge on any atom is -0.494 e. The van der Waals surface area contributed by atoms with Crippen LogP contribution in [0.15, 0.2) is 29.6 Å². The molecule has 2 N–H and O–H groups in total. The Morgan fingerprint density at radius 2 is 2.12 bits per heavy atom. The molecule has 88 valence electrons. The third kappa shape index (κ3) is 2.81. The molecule has 2 rings (SSSR count). The largest absolute Gasteiger partial charge is 0.494 e. The normalized spacial score (nSPS) is 10.2. The lowest BCUT2D eigenvalue weighted by molar-refractivity contribution is 0.340. The Hall–Kier alpha value is -1.46. The molecule has 0 spiro atoms. The Kier molecular flexibility index (Phi) is 3.71. The molecule has 0 saturated heterocycles. The van der Waals surface area contributed by atoms with Crippen molar-refractivity contribution in [1.82, 2.24) is 4.98 Å². The summed E-state index contributed by atoms with van der Waals surface area (Å²) in [4.78, 5) is 4.70. The quantitative estimate of drug-likeness (QED) is 0.863. The zero-order chi connectivity index (χ0) is 12.3. The van der Waals surface area contributed by atoms with Crippen molar-refractivity contribution in [2.45, 2.75) is 6.92 Å². The summed E-state index contributed by atoms with van der Waals surface area (Å²) in [5.74, 6) is 0.863. The van der Waals surface area contributed by atoms with Gasteiger partial charge < -0.3 is 10.5 Å². The lowest BCUT2D eigenvalue weighted by Crippen LogP contribution is -2.09. The van der Waals surface area contributed by atoms with Crippen molar-refractivity contribution in [3.8, 4) is 16.3 Å². The highest BCUT2D eigenvalue weighted by molar-refractivity contribution is 7.80. The van der Waals surface area contributed by atoms with E-state index in [0.717, 1.165) is 16.3 Å². The van der Waals surface area contributed by atoms with Gasteiger partial charge in [-0.05, 0) is 31.2 Å². The maximum absolute atomic E-state index is 5.52. The maximum atomic E-state index is 5.52. The van der Waals surface area contributed by atoms with Crippen molar-refractivity contribution in [3.05, 3.63) is 35.3 Å². The molecule has 1 aromatic carbocycles. The van der Waals surface area contributed by atoms with Crippen LogP contribution in [0, 0.1) is 0 Å². The molecule has 0 bridgehead atoms. The first-order chi connectivity index (χ1) is 8.20. The molecule has 0 aliphatic carbocycles. The SMILES string of the molecule is CCOc1ccc(-c2nc(C(N)=S)cs2)cc1. The van der Waals surface area contributed by atoms with E-state index in [1.54, 1.807) is 0 Å². The maximum Gasteiger partial charge on any atom is 0.124 e. The first-order valence-electron chi connectivity index (χ1n) is 5.19. The van der Waals surface area contributed by atoms with Gasteiger partial charge in [0.1, 0.15) is 21.4 Å². The fraction of sp³-hybridized carbons (Fsp3) is 0.167. The van der Waals surface area contributed by atoms with Gasteiger partial charge in [-0.15, -0.1) is 11.3 Å². The van der Waals surface area contributed by atoms with Crippen LogP contribution >= 0.6 is 23.6 Å². The van der Waals surface area contributed by atoms with E-state index < -0.39 is 0 Å². The summed E-state index contributed by atoms with van der Waals surface area (Å²) in [5, 5.41) is 2.78. The number of hydrogen-bond acceptors (Lipinski definition) is 4. The van der Waals surface area contributed by atoms with E-state index in [1.165, 1.54) is 11.3 Å². The van der Waals surface area contributed by atoms with E-state index in [1.807, 2.05) is 36.6 Å². The van der Waals surface area contributed by atoms with E-state index in [0.29, 0.717) is 17.3 Å². The summed E-state index contributed by atoms with van der Waals surface area (Å²) in [5.41, 5.74) is 7.24. The molecular formula is C12H12N2OS2. The van der Waals surface area contributed by atoms with E-state index in [4.69, 9.17) is 22.7 Å². The first kappa shape index (κ1) is 12.0. The molecule has 0 atom stereocenters. The Morgan fingerprint density at radius 1 is 1.41 bits per heavy atom. The number of thiazole rings is 1. The standard InChI is InChI=1S/C12H12N2OS2/c1-2-15-9-5-3-8(4-6-9)12-14-10(7-17-12)11(13)16/h3-7H,2H2,1H3,(H2,13,16). The topological polar surface area (TPSA) is 48.1 Å². The van der Waals surface area contributed by atoms with Gasteiger partial charge in [0, 0.05) is 10.9 Å². The summed E-state index contributed by atoms with van der Waals surface area (Å²) >= 11 is 6.41. The summed E-state index contributed by atoms with van der Waals surface area (Å²) in [7, 11) is 0. The molecule has 1 heterocycles. The summed E-state index contributed by atoms with van der Waals surface area (Å²) in [6.45, 7) is 2.63. The Labute approximate surface area is 109 Å². The van der Waals surface area contributed by atoms with Gasteiger partial charge in [-0.25, -0.2) is 4.98 Å². The number of thiocarbonyl (C=S) groups is 1. The van der Waals surface area contributed by atoms with Gasteiger partial charge in [-0.1, -0.05) is 12.2 Å².